The summed E-state index contributed by atoms with van der Waals surface area (Å²) in [6, 6.07) is 0.523. The highest BCUT2D eigenvalue weighted by molar-refractivity contribution is 4.96. The average Bonchev–Trinajstić information content (AvgIpc) is 2.65. The third kappa shape index (κ3) is 6.99. The van der Waals surface area contributed by atoms with Crippen LogP contribution in [-0.4, -0.2) is 49.3 Å². The van der Waals surface area contributed by atoms with Crippen molar-refractivity contribution in [3.05, 3.63) is 0 Å². The van der Waals surface area contributed by atoms with Crippen molar-refractivity contribution in [2.24, 2.45) is 10.8 Å². The molecule has 0 heterocycles. The summed E-state index contributed by atoms with van der Waals surface area (Å²) in [5.41, 5.74) is 0.440. The largest absolute Gasteiger partial charge is 0.371 e. The molecule has 0 saturated heterocycles. The quantitative estimate of drug-likeness (QED) is 0.361. The lowest BCUT2D eigenvalue weighted by Gasteiger charge is -2.49. The van der Waals surface area contributed by atoms with Crippen LogP contribution in [-0.2, 0) is 4.74 Å². The summed E-state index contributed by atoms with van der Waals surface area (Å²) >= 11 is 0. The molecule has 1 N–H and O–H groups in total. The van der Waals surface area contributed by atoms with Gasteiger partial charge in [0.2, 0.25) is 0 Å². The molecule has 0 aliphatic heterocycles. The Hall–Kier alpha value is -0.120. The first-order chi connectivity index (χ1) is 12.7. The van der Waals surface area contributed by atoms with Crippen molar-refractivity contribution in [2.45, 2.75) is 131 Å². The predicted octanol–water partition coefficient (Wildman–Crippen LogP) is 6.51. The fourth-order valence-corrected chi connectivity index (χ4v) is 4.81. The first-order valence-electron chi connectivity index (χ1n) is 11.7. The zero-order valence-corrected chi connectivity index (χ0v) is 21.8. The first kappa shape index (κ1) is 27.9. The van der Waals surface area contributed by atoms with E-state index >= 15 is 0 Å². The molecule has 170 valence electrons. The highest BCUT2D eigenvalue weighted by Gasteiger charge is 2.44. The molecule has 0 bridgehead atoms. The van der Waals surface area contributed by atoms with E-state index in [1.807, 2.05) is 0 Å². The van der Waals surface area contributed by atoms with Crippen molar-refractivity contribution in [2.75, 3.05) is 21.1 Å². The molecule has 4 atom stereocenters. The molecule has 3 nitrogen and oxygen atoms in total. The van der Waals surface area contributed by atoms with Crippen molar-refractivity contribution >= 4 is 0 Å². The number of hydrogen-bond acceptors (Lipinski definition) is 3. The number of hydrogen-bond donors (Lipinski definition) is 1. The second-order valence-corrected chi connectivity index (χ2v) is 10.8. The van der Waals surface area contributed by atoms with Gasteiger partial charge in [0.15, 0.2) is 0 Å². The van der Waals surface area contributed by atoms with Gasteiger partial charge in [0, 0.05) is 11.6 Å². The molecule has 0 aromatic rings. The number of rotatable bonds is 14. The van der Waals surface area contributed by atoms with Gasteiger partial charge in [-0.25, -0.2) is 0 Å². The fraction of sp³-hybridized carbons (Fsp3) is 1.00. The van der Waals surface area contributed by atoms with E-state index in [4.69, 9.17) is 4.74 Å². The smallest absolute Gasteiger partial charge is 0.0687 e. The average molecular weight is 399 g/mol. The van der Waals surface area contributed by atoms with E-state index in [1.54, 1.807) is 0 Å². The summed E-state index contributed by atoms with van der Waals surface area (Å²) in [6.07, 6.45) is 6.88. The summed E-state index contributed by atoms with van der Waals surface area (Å²) < 4.78 is 7.06. The molecule has 0 fully saturated rings. The Kier molecular flexibility index (Phi) is 10.7. The molecule has 0 aromatic heterocycles. The minimum absolute atomic E-state index is 0.0609. The Bertz CT molecular complexity index is 444. The van der Waals surface area contributed by atoms with Crippen LogP contribution in [0.4, 0.5) is 0 Å². The van der Waals surface area contributed by atoms with Crippen LogP contribution < -0.4 is 5.32 Å². The lowest BCUT2D eigenvalue weighted by Crippen LogP contribution is -2.51. The van der Waals surface area contributed by atoms with Crippen LogP contribution in [0.25, 0.3) is 0 Å². The SMILES string of the molecule is CCC(CC)(CC(C)(CC)C(C)N(C)C)OC(C)C(C)(CC)CC(C)(C)NC. The second kappa shape index (κ2) is 10.8. The van der Waals surface area contributed by atoms with Gasteiger partial charge in [-0.3, -0.25) is 0 Å². The molecular weight excluding hydrogens is 344 g/mol. The predicted molar refractivity (Wildman–Crippen MR) is 126 cm³/mol. The van der Waals surface area contributed by atoms with E-state index in [2.05, 4.69) is 101 Å². The van der Waals surface area contributed by atoms with Gasteiger partial charge in [-0.15, -0.1) is 0 Å². The topological polar surface area (TPSA) is 24.5 Å². The Balaban J connectivity index is 5.72. The Labute approximate surface area is 178 Å². The minimum Gasteiger partial charge on any atom is -0.371 e. The van der Waals surface area contributed by atoms with Crippen LogP contribution in [0.3, 0.4) is 0 Å². The third-order valence-corrected chi connectivity index (χ3v) is 8.34. The van der Waals surface area contributed by atoms with Gasteiger partial charge in [0.1, 0.15) is 0 Å². The van der Waals surface area contributed by atoms with Crippen LogP contribution >= 0.6 is 0 Å². The molecule has 0 saturated carbocycles. The van der Waals surface area contributed by atoms with E-state index in [1.165, 1.54) is 6.42 Å². The van der Waals surface area contributed by atoms with Crippen LogP contribution in [0.5, 0.6) is 0 Å². The van der Waals surface area contributed by atoms with E-state index in [0.717, 1.165) is 32.1 Å². The molecule has 0 spiro atoms. The molecule has 4 unspecified atom stereocenters. The first-order valence-corrected chi connectivity index (χ1v) is 11.7. The van der Waals surface area contributed by atoms with Crippen LogP contribution in [0, 0.1) is 10.8 Å². The van der Waals surface area contributed by atoms with Gasteiger partial charge in [-0.05, 0) is 98.2 Å². The molecule has 3 heteroatoms. The lowest BCUT2D eigenvalue weighted by molar-refractivity contribution is -0.162. The van der Waals surface area contributed by atoms with E-state index in [-0.39, 0.29) is 28.1 Å². The highest BCUT2D eigenvalue weighted by atomic mass is 16.5. The molecule has 28 heavy (non-hydrogen) atoms. The van der Waals surface area contributed by atoms with Gasteiger partial charge >= 0.3 is 0 Å². The Morgan fingerprint density at radius 2 is 1.25 bits per heavy atom. The molecule has 0 aliphatic carbocycles. The standard InChI is InChI=1S/C25H54N2O/c1-14-23(9,20(5)27(12)13)19-25(16-3,17-4)28-21(6)24(10,15-2)18-22(7,8)26-11/h20-21,26H,14-19H2,1-13H3. The van der Waals surface area contributed by atoms with Crippen molar-refractivity contribution in [3.8, 4) is 0 Å². The van der Waals surface area contributed by atoms with Gasteiger partial charge in [0.25, 0.3) is 0 Å². The monoisotopic (exact) mass is 398 g/mol. The van der Waals surface area contributed by atoms with E-state index in [9.17, 15) is 0 Å². The van der Waals surface area contributed by atoms with Crippen LogP contribution in [0.2, 0.25) is 0 Å². The number of nitrogens with one attached hydrogen (secondary N) is 1. The maximum Gasteiger partial charge on any atom is 0.0687 e. The Morgan fingerprint density at radius 1 is 0.786 bits per heavy atom. The number of nitrogens with zero attached hydrogens (tertiary/aromatic N) is 1. The van der Waals surface area contributed by atoms with Crippen LogP contribution in [0.1, 0.15) is 108 Å². The van der Waals surface area contributed by atoms with Crippen LogP contribution in [0.15, 0.2) is 0 Å². The van der Waals surface area contributed by atoms with Crippen molar-refractivity contribution in [3.63, 3.8) is 0 Å². The fourth-order valence-electron chi connectivity index (χ4n) is 4.81. The molecule has 0 aromatic carbocycles. The lowest BCUT2D eigenvalue weighted by atomic mass is 9.69. The second-order valence-electron chi connectivity index (χ2n) is 10.8. The van der Waals surface area contributed by atoms with Gasteiger partial charge in [0.05, 0.1) is 11.7 Å². The van der Waals surface area contributed by atoms with Gasteiger partial charge in [-0.2, -0.15) is 0 Å². The summed E-state index contributed by atoms with van der Waals surface area (Å²) in [7, 11) is 6.48. The molecule has 0 radical (unpaired) electrons. The maximum absolute atomic E-state index is 7.06. The van der Waals surface area contributed by atoms with Crippen molar-refractivity contribution < 1.29 is 4.74 Å². The highest BCUT2D eigenvalue weighted by Crippen LogP contribution is 2.45. The zero-order chi connectivity index (χ0) is 22.4. The van der Waals surface area contributed by atoms with E-state index in [0.29, 0.717) is 6.04 Å². The third-order valence-electron chi connectivity index (χ3n) is 8.34. The molecule has 0 rings (SSSR count). The van der Waals surface area contributed by atoms with E-state index < -0.39 is 0 Å². The normalized spacial score (nSPS) is 19.9. The summed E-state index contributed by atoms with van der Waals surface area (Å²) in [5, 5.41) is 3.49. The van der Waals surface area contributed by atoms with Crippen molar-refractivity contribution in [1.82, 2.24) is 10.2 Å². The number of ether oxygens (including phenoxy) is 1. The zero-order valence-electron chi connectivity index (χ0n) is 21.8. The summed E-state index contributed by atoms with van der Waals surface area (Å²) in [5.74, 6) is 0. The van der Waals surface area contributed by atoms with Gasteiger partial charge in [-0.1, -0.05) is 41.5 Å². The van der Waals surface area contributed by atoms with Crippen molar-refractivity contribution in [1.29, 1.82) is 0 Å². The molecular formula is C25H54N2O. The molecule has 0 amide bonds. The van der Waals surface area contributed by atoms with Gasteiger partial charge < -0.3 is 15.0 Å². The minimum atomic E-state index is -0.0609. The maximum atomic E-state index is 7.06. The summed E-state index contributed by atoms with van der Waals surface area (Å²) in [4.78, 5) is 2.37. The Morgan fingerprint density at radius 3 is 1.57 bits per heavy atom. The summed E-state index contributed by atoms with van der Waals surface area (Å²) in [6.45, 7) is 23.4. The molecule has 0 aliphatic rings.